The summed E-state index contributed by atoms with van der Waals surface area (Å²) in [5.74, 6) is -1.29. The molecule has 11 heteroatoms. The van der Waals surface area contributed by atoms with E-state index in [-0.39, 0.29) is 41.8 Å². The molecule has 0 radical (unpaired) electrons. The van der Waals surface area contributed by atoms with Crippen LogP contribution in [-0.4, -0.2) is 64.2 Å². The van der Waals surface area contributed by atoms with E-state index in [0.717, 1.165) is 0 Å². The van der Waals surface area contributed by atoms with Gasteiger partial charge < -0.3 is 14.6 Å². The second-order valence-corrected chi connectivity index (χ2v) is 9.53. The first-order chi connectivity index (χ1) is 18.8. The number of amides is 1. The third-order valence-electron chi connectivity index (χ3n) is 6.66. The van der Waals surface area contributed by atoms with Gasteiger partial charge >= 0.3 is 0 Å². The van der Waals surface area contributed by atoms with Crippen LogP contribution in [0, 0.1) is 18.2 Å². The molecule has 1 saturated heterocycles. The van der Waals surface area contributed by atoms with Gasteiger partial charge in [-0.1, -0.05) is 35.9 Å². The van der Waals surface area contributed by atoms with Gasteiger partial charge in [0.05, 0.1) is 10.4 Å². The maximum absolute atomic E-state index is 15.9. The lowest BCUT2D eigenvalue weighted by atomic mass is 10.0. The topological polar surface area (TPSA) is 66.6 Å². The second-order valence-electron chi connectivity index (χ2n) is 9.15. The molecule has 198 valence electrons. The van der Waals surface area contributed by atoms with Crippen LogP contribution in [0.3, 0.4) is 0 Å². The number of carbonyl (C=O) groups is 1. The highest BCUT2D eigenvalue weighted by Gasteiger charge is 2.33. The number of hydrogen-bond acceptors (Lipinski definition) is 5. The number of nitrogens with zero attached hydrogens (tertiary/aromatic N) is 6. The first-order valence-electron chi connectivity index (χ1n) is 12.2. The van der Waals surface area contributed by atoms with Gasteiger partial charge in [0.1, 0.15) is 41.4 Å². The summed E-state index contributed by atoms with van der Waals surface area (Å²) in [6.45, 7) is 9.58. The molecule has 2 atom stereocenters. The van der Waals surface area contributed by atoms with Crippen molar-refractivity contribution >= 4 is 45.0 Å². The van der Waals surface area contributed by atoms with E-state index in [1.165, 1.54) is 42.6 Å². The molecule has 1 amide bonds. The van der Waals surface area contributed by atoms with Crippen LogP contribution in [0.2, 0.25) is 5.02 Å². The Morgan fingerprint density at radius 1 is 1.23 bits per heavy atom. The number of benzene rings is 2. The van der Waals surface area contributed by atoms with Gasteiger partial charge in [0, 0.05) is 42.9 Å². The van der Waals surface area contributed by atoms with E-state index < -0.39 is 23.8 Å². The minimum Gasteiger partial charge on any atom is -0.352 e. The van der Waals surface area contributed by atoms with Crippen molar-refractivity contribution in [1.82, 2.24) is 19.9 Å². The largest absolute Gasteiger partial charge is 0.352 e. The Balaban J connectivity index is 1.53. The standard InChI is InChI=1S/C28H22ClF3N6O/c1-16(30)6-9-22(39)38-11-10-37(14-18(38)12-33-2)28-20-13-34-26(25(32)27(20)35-15-36-28)19-5-3-4-17-7-8-21(31)24(29)23(17)19/h3-9,13,15-16,18H,10-12,14H2,1H3/b9-6+/t16?,18-/m0/s1. The first-order valence-corrected chi connectivity index (χ1v) is 12.5. The average Bonchev–Trinajstić information content (AvgIpc) is 2.93. The van der Waals surface area contributed by atoms with Gasteiger partial charge in [-0.05, 0) is 24.5 Å². The fourth-order valence-corrected chi connectivity index (χ4v) is 5.11. The molecule has 0 aliphatic carbocycles. The van der Waals surface area contributed by atoms with Crippen LogP contribution in [0.4, 0.5) is 19.0 Å². The van der Waals surface area contributed by atoms with E-state index in [1.54, 1.807) is 24.3 Å². The van der Waals surface area contributed by atoms with E-state index >= 15 is 4.39 Å². The molecule has 0 bridgehead atoms. The highest BCUT2D eigenvalue weighted by molar-refractivity contribution is 6.36. The van der Waals surface area contributed by atoms with Crippen LogP contribution < -0.4 is 4.90 Å². The molecule has 1 aliphatic rings. The molecule has 0 saturated carbocycles. The van der Waals surface area contributed by atoms with E-state index in [2.05, 4.69) is 19.8 Å². The quantitative estimate of drug-likeness (QED) is 0.238. The highest BCUT2D eigenvalue weighted by Crippen LogP contribution is 2.37. The van der Waals surface area contributed by atoms with Gasteiger partial charge in [-0.2, -0.15) is 0 Å². The summed E-state index contributed by atoms with van der Waals surface area (Å²) in [4.78, 5) is 32.4. The van der Waals surface area contributed by atoms with Gasteiger partial charge in [0.2, 0.25) is 12.5 Å². The summed E-state index contributed by atoms with van der Waals surface area (Å²) in [5.41, 5.74) is 0.325. The third kappa shape index (κ3) is 4.98. The number of pyridine rings is 1. The minimum atomic E-state index is -1.27. The molecule has 0 spiro atoms. The van der Waals surface area contributed by atoms with Crippen molar-refractivity contribution in [3.05, 3.63) is 83.1 Å². The fraction of sp³-hybridized carbons (Fsp3) is 0.250. The molecule has 0 N–H and O–H groups in total. The molecule has 2 aromatic heterocycles. The molecule has 39 heavy (non-hydrogen) atoms. The first kappa shape index (κ1) is 26.4. The van der Waals surface area contributed by atoms with Crippen LogP contribution in [0.25, 0.3) is 37.8 Å². The Morgan fingerprint density at radius 3 is 2.82 bits per heavy atom. The average molecular weight is 551 g/mol. The SMILES string of the molecule is [C-]#[N+]C[C@H]1CN(c2ncnc3c(F)c(-c4cccc5ccc(F)c(Cl)c45)ncc23)CCN1C(=O)/C=C/C(C)F. The number of fused-ring (bicyclic) bond motifs is 2. The van der Waals surface area contributed by atoms with Crippen molar-refractivity contribution in [2.75, 3.05) is 31.1 Å². The zero-order valence-corrected chi connectivity index (χ0v) is 21.5. The monoisotopic (exact) mass is 550 g/mol. The molecule has 2 aromatic carbocycles. The van der Waals surface area contributed by atoms with E-state index in [0.29, 0.717) is 34.1 Å². The summed E-state index contributed by atoms with van der Waals surface area (Å²) in [5, 5.41) is 1.21. The van der Waals surface area contributed by atoms with Gasteiger partial charge in [-0.25, -0.2) is 29.7 Å². The van der Waals surface area contributed by atoms with Crippen LogP contribution in [0.15, 0.2) is 55.0 Å². The minimum absolute atomic E-state index is 0.0228. The Labute approximate surface area is 227 Å². The van der Waals surface area contributed by atoms with Crippen molar-refractivity contribution in [3.63, 3.8) is 0 Å². The molecule has 1 aliphatic heterocycles. The van der Waals surface area contributed by atoms with Crippen LogP contribution in [-0.2, 0) is 4.79 Å². The molecule has 5 rings (SSSR count). The lowest BCUT2D eigenvalue weighted by Gasteiger charge is -2.39. The fourth-order valence-electron chi connectivity index (χ4n) is 4.83. The summed E-state index contributed by atoms with van der Waals surface area (Å²) < 4.78 is 43.4. The summed E-state index contributed by atoms with van der Waals surface area (Å²) in [6, 6.07) is 7.43. The number of halogens is 4. The number of anilines is 1. The van der Waals surface area contributed by atoms with Crippen LogP contribution in [0.5, 0.6) is 0 Å². The Hall–Kier alpha value is -4.23. The normalized spacial score (nSPS) is 16.7. The predicted molar refractivity (Wildman–Crippen MR) is 144 cm³/mol. The Kier molecular flexibility index (Phi) is 7.35. The van der Waals surface area contributed by atoms with Crippen molar-refractivity contribution in [3.8, 4) is 11.3 Å². The number of carbonyl (C=O) groups excluding carboxylic acids is 1. The Bertz CT molecular complexity index is 1650. The molecule has 7 nitrogen and oxygen atoms in total. The molecule has 3 heterocycles. The summed E-state index contributed by atoms with van der Waals surface area (Å²) in [7, 11) is 0. The smallest absolute Gasteiger partial charge is 0.246 e. The van der Waals surface area contributed by atoms with Crippen LogP contribution in [0.1, 0.15) is 6.92 Å². The molecule has 4 aromatic rings. The number of allylic oxidation sites excluding steroid dienone is 1. The molecule has 1 unspecified atom stereocenters. The van der Waals surface area contributed by atoms with Crippen LogP contribution >= 0.6 is 11.6 Å². The van der Waals surface area contributed by atoms with Gasteiger partial charge in [0.15, 0.2) is 5.82 Å². The second kappa shape index (κ2) is 10.9. The third-order valence-corrected chi connectivity index (χ3v) is 7.03. The number of aromatic nitrogens is 3. The lowest BCUT2D eigenvalue weighted by Crippen LogP contribution is -2.56. The zero-order chi connectivity index (χ0) is 27.7. The van der Waals surface area contributed by atoms with E-state index in [4.69, 9.17) is 18.2 Å². The number of rotatable bonds is 5. The van der Waals surface area contributed by atoms with Gasteiger partial charge in [0.25, 0.3) is 0 Å². The number of piperazine rings is 1. The highest BCUT2D eigenvalue weighted by atomic mass is 35.5. The van der Waals surface area contributed by atoms with Gasteiger partial charge in [-0.15, -0.1) is 0 Å². The molecule has 1 fully saturated rings. The number of alkyl halides is 1. The zero-order valence-electron chi connectivity index (χ0n) is 20.8. The summed E-state index contributed by atoms with van der Waals surface area (Å²) in [6.07, 6.45) is 3.79. The maximum atomic E-state index is 15.9. The maximum Gasteiger partial charge on any atom is 0.246 e. The predicted octanol–water partition coefficient (Wildman–Crippen LogP) is 5.63. The van der Waals surface area contributed by atoms with Crippen molar-refractivity contribution in [2.45, 2.75) is 19.1 Å². The van der Waals surface area contributed by atoms with Crippen molar-refractivity contribution < 1.29 is 18.0 Å². The lowest BCUT2D eigenvalue weighted by molar-refractivity contribution is -0.128. The van der Waals surface area contributed by atoms with E-state index in [1.807, 2.05) is 4.90 Å². The summed E-state index contributed by atoms with van der Waals surface area (Å²) >= 11 is 6.26. The van der Waals surface area contributed by atoms with E-state index in [9.17, 15) is 13.6 Å². The molecular formula is C28H22ClF3N6O. The number of hydrogen-bond donors (Lipinski definition) is 0. The Morgan fingerprint density at radius 2 is 2.05 bits per heavy atom. The molecular weight excluding hydrogens is 529 g/mol. The van der Waals surface area contributed by atoms with Crippen molar-refractivity contribution in [1.29, 1.82) is 0 Å². The van der Waals surface area contributed by atoms with Crippen molar-refractivity contribution in [2.24, 2.45) is 0 Å². The van der Waals surface area contributed by atoms with Gasteiger partial charge in [-0.3, -0.25) is 9.78 Å².